The summed E-state index contributed by atoms with van der Waals surface area (Å²) in [6, 6.07) is 5.11. The minimum Gasteiger partial charge on any atom is -0.335 e. The number of sulfonamides is 1. The van der Waals surface area contributed by atoms with Crippen molar-refractivity contribution in [3.05, 3.63) is 37.9 Å². The van der Waals surface area contributed by atoms with Crippen molar-refractivity contribution in [2.75, 3.05) is 26.2 Å². The van der Waals surface area contributed by atoms with Crippen LogP contribution in [0.15, 0.2) is 22.4 Å². The van der Waals surface area contributed by atoms with Crippen LogP contribution in [0.2, 0.25) is 4.34 Å². The third-order valence-electron chi connectivity index (χ3n) is 4.42. The molecule has 0 bridgehead atoms. The van der Waals surface area contributed by atoms with Crippen molar-refractivity contribution in [1.29, 1.82) is 0 Å². The molecule has 1 fully saturated rings. The summed E-state index contributed by atoms with van der Waals surface area (Å²) in [5, 5.41) is 0. The van der Waals surface area contributed by atoms with Crippen molar-refractivity contribution < 1.29 is 13.2 Å². The number of carbonyl (C=O) groups is 1. The first kappa shape index (κ1) is 19.8. The highest BCUT2D eigenvalue weighted by molar-refractivity contribution is 7.91. The van der Waals surface area contributed by atoms with Gasteiger partial charge < -0.3 is 4.90 Å². The molecule has 9 heteroatoms. The van der Waals surface area contributed by atoms with Gasteiger partial charge in [-0.25, -0.2) is 8.42 Å². The summed E-state index contributed by atoms with van der Waals surface area (Å²) >= 11 is 8.44. The Morgan fingerprint density at radius 1 is 1.19 bits per heavy atom. The highest BCUT2D eigenvalue weighted by Gasteiger charge is 2.31. The largest absolute Gasteiger partial charge is 0.335 e. The molecule has 3 rings (SSSR count). The van der Waals surface area contributed by atoms with Gasteiger partial charge in [-0.3, -0.25) is 4.79 Å². The van der Waals surface area contributed by atoms with E-state index in [1.807, 2.05) is 13.0 Å². The average molecular weight is 433 g/mol. The number of carbonyl (C=O) groups excluding carboxylic acids is 1. The number of amides is 1. The van der Waals surface area contributed by atoms with Crippen LogP contribution >= 0.6 is 34.3 Å². The summed E-state index contributed by atoms with van der Waals surface area (Å²) in [5.74, 6) is -0.00308. The molecule has 26 heavy (non-hydrogen) atoms. The van der Waals surface area contributed by atoms with Crippen LogP contribution in [-0.4, -0.2) is 49.7 Å². The molecular weight excluding hydrogens is 412 g/mol. The molecule has 0 atom stereocenters. The second-order valence-corrected chi connectivity index (χ2v) is 11.3. The number of hydrogen-bond acceptors (Lipinski definition) is 5. The first-order chi connectivity index (χ1) is 12.3. The molecule has 2 aromatic rings. The van der Waals surface area contributed by atoms with E-state index in [1.54, 1.807) is 11.0 Å². The second-order valence-electron chi connectivity index (χ2n) is 6.20. The van der Waals surface area contributed by atoms with E-state index in [0.29, 0.717) is 30.5 Å². The van der Waals surface area contributed by atoms with Crippen molar-refractivity contribution in [2.45, 2.75) is 30.9 Å². The zero-order valence-electron chi connectivity index (χ0n) is 14.7. The lowest BCUT2D eigenvalue weighted by Gasteiger charge is -2.33. The quantitative estimate of drug-likeness (QED) is 0.720. The molecule has 0 radical (unpaired) electrons. The number of aryl methyl sites for hydroxylation is 2. The lowest BCUT2D eigenvalue weighted by atomic mass is 10.1. The SMILES string of the molecule is CCCc1cc(C(=O)N2CCN(S(=O)(=O)c3ccc(Cl)s3)CC2)sc1C. The number of nitrogens with zero attached hydrogens (tertiary/aromatic N) is 2. The molecule has 3 heterocycles. The summed E-state index contributed by atoms with van der Waals surface area (Å²) in [6.45, 7) is 5.57. The van der Waals surface area contributed by atoms with E-state index in [-0.39, 0.29) is 10.1 Å². The van der Waals surface area contributed by atoms with Crippen LogP contribution in [-0.2, 0) is 16.4 Å². The van der Waals surface area contributed by atoms with Gasteiger partial charge in [0.05, 0.1) is 9.21 Å². The Balaban J connectivity index is 1.66. The van der Waals surface area contributed by atoms with Gasteiger partial charge in [-0.2, -0.15) is 4.31 Å². The van der Waals surface area contributed by atoms with Crippen molar-refractivity contribution in [3.63, 3.8) is 0 Å². The molecule has 1 amide bonds. The molecule has 2 aromatic heterocycles. The topological polar surface area (TPSA) is 57.7 Å². The molecule has 0 spiro atoms. The number of rotatable bonds is 5. The van der Waals surface area contributed by atoms with Crippen molar-refractivity contribution in [1.82, 2.24) is 9.21 Å². The molecule has 0 aromatic carbocycles. The predicted octanol–water partition coefficient (Wildman–Crippen LogP) is 3.87. The first-order valence-corrected chi connectivity index (χ1v) is 11.9. The van der Waals surface area contributed by atoms with Gasteiger partial charge >= 0.3 is 0 Å². The Hall–Kier alpha value is -0.930. The van der Waals surface area contributed by atoms with E-state index < -0.39 is 10.0 Å². The summed E-state index contributed by atoms with van der Waals surface area (Å²) in [6.07, 6.45) is 2.03. The van der Waals surface area contributed by atoms with Gasteiger partial charge in [0.2, 0.25) is 0 Å². The zero-order valence-corrected chi connectivity index (χ0v) is 17.9. The van der Waals surface area contributed by atoms with Crippen LogP contribution in [0, 0.1) is 6.92 Å². The smallest absolute Gasteiger partial charge is 0.264 e. The number of halogens is 1. The van der Waals surface area contributed by atoms with Crippen LogP contribution in [0.4, 0.5) is 0 Å². The predicted molar refractivity (Wildman–Crippen MR) is 107 cm³/mol. The van der Waals surface area contributed by atoms with Crippen molar-refractivity contribution in [3.8, 4) is 0 Å². The molecular formula is C17H21ClN2O3S3. The van der Waals surface area contributed by atoms with Crippen LogP contribution in [0.5, 0.6) is 0 Å². The summed E-state index contributed by atoms with van der Waals surface area (Å²) in [5.41, 5.74) is 1.23. The van der Waals surface area contributed by atoms with E-state index >= 15 is 0 Å². The summed E-state index contributed by atoms with van der Waals surface area (Å²) in [7, 11) is -3.53. The fraction of sp³-hybridized carbons (Fsp3) is 0.471. The van der Waals surface area contributed by atoms with E-state index in [0.717, 1.165) is 29.1 Å². The summed E-state index contributed by atoms with van der Waals surface area (Å²) in [4.78, 5) is 16.4. The lowest BCUT2D eigenvalue weighted by molar-refractivity contribution is 0.0703. The van der Waals surface area contributed by atoms with Crippen LogP contribution in [0.25, 0.3) is 0 Å². The lowest BCUT2D eigenvalue weighted by Crippen LogP contribution is -2.50. The van der Waals surface area contributed by atoms with Crippen LogP contribution < -0.4 is 0 Å². The minimum atomic E-state index is -3.53. The number of thiophene rings is 2. The van der Waals surface area contributed by atoms with Crippen molar-refractivity contribution >= 4 is 50.2 Å². The molecule has 0 saturated carbocycles. The number of piperazine rings is 1. The van der Waals surface area contributed by atoms with Gasteiger partial charge in [0.25, 0.3) is 15.9 Å². The van der Waals surface area contributed by atoms with E-state index in [4.69, 9.17) is 11.6 Å². The maximum absolute atomic E-state index is 12.8. The van der Waals surface area contributed by atoms with E-state index in [2.05, 4.69) is 6.92 Å². The Bertz CT molecular complexity index is 896. The number of hydrogen-bond donors (Lipinski definition) is 0. The van der Waals surface area contributed by atoms with E-state index in [1.165, 1.54) is 32.1 Å². The standard InChI is InChI=1S/C17H21ClN2O3S3/c1-3-4-13-11-14(24-12(13)2)17(21)19-7-9-20(10-8-19)26(22,23)16-6-5-15(18)25-16/h5-6,11H,3-4,7-10H2,1-2H3. The van der Waals surface area contributed by atoms with Gasteiger partial charge in [0.15, 0.2) is 0 Å². The highest BCUT2D eigenvalue weighted by atomic mass is 35.5. The van der Waals surface area contributed by atoms with E-state index in [9.17, 15) is 13.2 Å². The van der Waals surface area contributed by atoms with Gasteiger partial charge in [0.1, 0.15) is 4.21 Å². The van der Waals surface area contributed by atoms with Crippen LogP contribution in [0.3, 0.4) is 0 Å². The maximum atomic E-state index is 12.8. The van der Waals surface area contributed by atoms with Crippen molar-refractivity contribution in [2.24, 2.45) is 0 Å². The van der Waals surface area contributed by atoms with Gasteiger partial charge in [0, 0.05) is 31.1 Å². The molecule has 1 aliphatic heterocycles. The fourth-order valence-electron chi connectivity index (χ4n) is 2.99. The summed E-state index contributed by atoms with van der Waals surface area (Å²) < 4.78 is 27.4. The Morgan fingerprint density at radius 2 is 1.88 bits per heavy atom. The third-order valence-corrected chi connectivity index (χ3v) is 9.10. The molecule has 5 nitrogen and oxygen atoms in total. The van der Waals surface area contributed by atoms with Crippen LogP contribution in [0.1, 0.15) is 33.5 Å². The molecule has 0 aliphatic carbocycles. The normalized spacial score (nSPS) is 16.2. The molecule has 1 aliphatic rings. The zero-order chi connectivity index (χ0) is 18.9. The minimum absolute atomic E-state index is 0.00308. The molecule has 0 N–H and O–H groups in total. The Kier molecular flexibility index (Phi) is 6.08. The second kappa shape index (κ2) is 7.98. The molecule has 142 valence electrons. The molecule has 0 unspecified atom stereocenters. The maximum Gasteiger partial charge on any atom is 0.264 e. The molecule has 1 saturated heterocycles. The monoisotopic (exact) mass is 432 g/mol. The third kappa shape index (κ3) is 3.99. The fourth-order valence-corrected chi connectivity index (χ4v) is 7.09. The average Bonchev–Trinajstić information content (AvgIpc) is 3.21. The first-order valence-electron chi connectivity index (χ1n) is 8.47. The van der Waals surface area contributed by atoms with Gasteiger partial charge in [-0.05, 0) is 37.1 Å². The van der Waals surface area contributed by atoms with Gasteiger partial charge in [-0.1, -0.05) is 24.9 Å². The Labute approximate surface area is 167 Å². The van der Waals surface area contributed by atoms with Gasteiger partial charge in [-0.15, -0.1) is 22.7 Å². The Morgan fingerprint density at radius 3 is 2.46 bits per heavy atom. The highest BCUT2D eigenvalue weighted by Crippen LogP contribution is 2.29.